The van der Waals surface area contributed by atoms with E-state index in [-0.39, 0.29) is 0 Å². The first-order chi connectivity index (χ1) is 7.00. The molecule has 15 heavy (non-hydrogen) atoms. The van der Waals surface area contributed by atoms with E-state index in [1.54, 1.807) is 12.1 Å². The van der Waals surface area contributed by atoms with E-state index in [2.05, 4.69) is 5.32 Å². The van der Waals surface area contributed by atoms with Gasteiger partial charge in [0.25, 0.3) is 12.3 Å². The minimum atomic E-state index is -3.30. The highest BCUT2D eigenvalue weighted by molar-refractivity contribution is 5.94. The first-order valence-electron chi connectivity index (χ1n) is 4.30. The van der Waals surface area contributed by atoms with Crippen LogP contribution in [0.1, 0.15) is 5.56 Å². The van der Waals surface area contributed by atoms with Crippen molar-refractivity contribution < 1.29 is 18.0 Å². The molecule has 0 saturated carbocycles. The largest absolute Gasteiger partial charge is 0.323 e. The first-order valence-corrected chi connectivity index (χ1v) is 4.30. The molecule has 0 radical (unpaired) electrons. The lowest BCUT2D eigenvalue weighted by Crippen LogP contribution is -2.29. The van der Waals surface area contributed by atoms with Crippen LogP contribution in [-0.2, 0) is 4.79 Å². The van der Waals surface area contributed by atoms with Crippen molar-refractivity contribution in [1.82, 2.24) is 0 Å². The molecule has 0 aromatic heterocycles. The number of alkyl halides is 3. The second kappa shape index (κ2) is 4.82. The summed E-state index contributed by atoms with van der Waals surface area (Å²) in [4.78, 5) is 10.9. The van der Waals surface area contributed by atoms with Gasteiger partial charge in [0, 0.05) is 5.69 Å². The van der Waals surface area contributed by atoms with Crippen LogP contribution < -0.4 is 5.32 Å². The van der Waals surface area contributed by atoms with Gasteiger partial charge in [0.05, 0.1) is 0 Å². The van der Waals surface area contributed by atoms with E-state index in [1.165, 1.54) is 12.1 Å². The van der Waals surface area contributed by atoms with E-state index in [0.717, 1.165) is 5.56 Å². The van der Waals surface area contributed by atoms with Crippen LogP contribution in [0, 0.1) is 6.92 Å². The zero-order valence-corrected chi connectivity index (χ0v) is 8.01. The molecule has 1 aromatic rings. The normalized spacial score (nSPS) is 12.6. The molecule has 0 saturated heterocycles. The number of carbonyl (C=O) groups excluding carboxylic acids is 1. The number of nitrogens with one attached hydrogen (secondary N) is 1. The van der Waals surface area contributed by atoms with Crippen molar-refractivity contribution in [2.75, 3.05) is 5.32 Å². The number of benzene rings is 1. The van der Waals surface area contributed by atoms with Crippen LogP contribution >= 0.6 is 0 Å². The Morgan fingerprint density at radius 2 is 1.73 bits per heavy atom. The van der Waals surface area contributed by atoms with E-state index in [9.17, 15) is 18.0 Å². The molecule has 1 rings (SSSR count). The second-order valence-corrected chi connectivity index (χ2v) is 3.09. The Kier molecular flexibility index (Phi) is 3.71. The molecule has 0 fully saturated rings. The third-order valence-electron chi connectivity index (χ3n) is 1.79. The minimum Gasteiger partial charge on any atom is -0.323 e. The molecule has 0 spiro atoms. The van der Waals surface area contributed by atoms with Crippen LogP contribution in [0.15, 0.2) is 24.3 Å². The van der Waals surface area contributed by atoms with Gasteiger partial charge >= 0.3 is 0 Å². The molecule has 1 unspecified atom stereocenters. The highest BCUT2D eigenvalue weighted by Crippen LogP contribution is 2.12. The summed E-state index contributed by atoms with van der Waals surface area (Å²) in [6.07, 6.45) is -6.08. The van der Waals surface area contributed by atoms with Crippen LogP contribution in [0.25, 0.3) is 0 Å². The maximum absolute atomic E-state index is 12.5. The fourth-order valence-corrected chi connectivity index (χ4v) is 0.963. The van der Waals surface area contributed by atoms with Gasteiger partial charge in [-0.2, -0.15) is 0 Å². The molecule has 0 heterocycles. The third-order valence-corrected chi connectivity index (χ3v) is 1.79. The van der Waals surface area contributed by atoms with Gasteiger partial charge in [-0.3, -0.25) is 4.79 Å². The van der Waals surface area contributed by atoms with Gasteiger partial charge < -0.3 is 5.32 Å². The number of anilines is 1. The van der Waals surface area contributed by atoms with Crippen LogP contribution in [0.4, 0.5) is 18.9 Å². The summed E-state index contributed by atoms with van der Waals surface area (Å²) in [6, 6.07) is 6.41. The lowest BCUT2D eigenvalue weighted by molar-refractivity contribution is -0.125. The quantitative estimate of drug-likeness (QED) is 0.828. The Morgan fingerprint density at radius 3 is 2.20 bits per heavy atom. The zero-order chi connectivity index (χ0) is 11.4. The molecule has 1 aromatic carbocycles. The van der Waals surface area contributed by atoms with Crippen LogP contribution in [-0.4, -0.2) is 18.5 Å². The second-order valence-electron chi connectivity index (χ2n) is 3.09. The van der Waals surface area contributed by atoms with E-state index < -0.39 is 18.5 Å². The maximum Gasteiger partial charge on any atom is 0.278 e. The van der Waals surface area contributed by atoms with Crippen LogP contribution in [0.5, 0.6) is 0 Å². The topological polar surface area (TPSA) is 29.1 Å². The summed E-state index contributed by atoms with van der Waals surface area (Å²) in [5.74, 6) is -1.33. The van der Waals surface area contributed by atoms with E-state index >= 15 is 0 Å². The predicted molar refractivity (Wildman–Crippen MR) is 50.7 cm³/mol. The molecule has 1 amide bonds. The monoisotopic (exact) mass is 217 g/mol. The van der Waals surface area contributed by atoms with Gasteiger partial charge in [-0.1, -0.05) is 17.7 Å². The predicted octanol–water partition coefficient (Wildman–Crippen LogP) is 2.54. The average molecular weight is 217 g/mol. The van der Waals surface area contributed by atoms with Crippen LogP contribution in [0.3, 0.4) is 0 Å². The molecular weight excluding hydrogens is 207 g/mol. The summed E-state index contributed by atoms with van der Waals surface area (Å²) < 4.78 is 36.1. The molecule has 5 heteroatoms. The van der Waals surface area contributed by atoms with Gasteiger partial charge in [-0.25, -0.2) is 13.2 Å². The van der Waals surface area contributed by atoms with Crippen molar-refractivity contribution in [1.29, 1.82) is 0 Å². The van der Waals surface area contributed by atoms with Crippen molar-refractivity contribution in [2.45, 2.75) is 19.5 Å². The Bertz CT molecular complexity index is 337. The number of hydrogen-bond acceptors (Lipinski definition) is 1. The molecule has 0 aliphatic heterocycles. The van der Waals surface area contributed by atoms with Crippen molar-refractivity contribution in [3.63, 3.8) is 0 Å². The lowest BCUT2D eigenvalue weighted by Gasteiger charge is -2.08. The van der Waals surface area contributed by atoms with E-state index in [0.29, 0.717) is 5.69 Å². The summed E-state index contributed by atoms with van der Waals surface area (Å²) in [5, 5.41) is 2.06. The highest BCUT2D eigenvalue weighted by atomic mass is 19.3. The van der Waals surface area contributed by atoms with Gasteiger partial charge in [0.15, 0.2) is 0 Å². The zero-order valence-electron chi connectivity index (χ0n) is 8.01. The fraction of sp³-hybridized carbons (Fsp3) is 0.300. The van der Waals surface area contributed by atoms with Crippen LogP contribution in [0.2, 0.25) is 0 Å². The minimum absolute atomic E-state index is 0.300. The van der Waals surface area contributed by atoms with Gasteiger partial charge in [0.1, 0.15) is 0 Å². The fourth-order valence-electron chi connectivity index (χ4n) is 0.963. The summed E-state index contributed by atoms with van der Waals surface area (Å²) >= 11 is 0. The Labute approximate surface area is 85.1 Å². The molecular formula is C10H10F3NO. The third kappa shape index (κ3) is 3.27. The molecule has 1 atom stereocenters. The molecule has 0 bridgehead atoms. The molecule has 82 valence electrons. The molecule has 2 nitrogen and oxygen atoms in total. The number of amides is 1. The number of rotatable bonds is 3. The lowest BCUT2D eigenvalue weighted by atomic mass is 10.2. The van der Waals surface area contributed by atoms with E-state index in [4.69, 9.17) is 0 Å². The van der Waals surface area contributed by atoms with Gasteiger partial charge in [-0.05, 0) is 19.1 Å². The maximum atomic E-state index is 12.5. The van der Waals surface area contributed by atoms with Crippen molar-refractivity contribution in [3.8, 4) is 0 Å². The Morgan fingerprint density at radius 1 is 1.20 bits per heavy atom. The molecule has 0 aliphatic rings. The number of carbonyl (C=O) groups is 1. The molecule has 0 aliphatic carbocycles. The summed E-state index contributed by atoms with van der Waals surface area (Å²) in [5.41, 5.74) is 1.26. The van der Waals surface area contributed by atoms with Gasteiger partial charge in [0.2, 0.25) is 6.17 Å². The smallest absolute Gasteiger partial charge is 0.278 e. The Hall–Kier alpha value is -1.52. The number of hydrogen-bond donors (Lipinski definition) is 1. The molecule has 1 N–H and O–H groups in total. The SMILES string of the molecule is Cc1ccc(NC(=O)C(F)C(F)F)cc1. The first kappa shape index (κ1) is 11.6. The summed E-state index contributed by atoms with van der Waals surface area (Å²) in [7, 11) is 0. The summed E-state index contributed by atoms with van der Waals surface area (Å²) in [6.45, 7) is 1.84. The number of aryl methyl sites for hydroxylation is 1. The highest BCUT2D eigenvalue weighted by Gasteiger charge is 2.27. The standard InChI is InChI=1S/C10H10F3NO/c1-6-2-4-7(5-3-6)14-10(15)8(11)9(12)13/h2-5,8-9H,1H3,(H,14,15). The number of halogens is 3. The van der Waals surface area contributed by atoms with Gasteiger partial charge in [-0.15, -0.1) is 0 Å². The van der Waals surface area contributed by atoms with Crippen molar-refractivity contribution in [3.05, 3.63) is 29.8 Å². The average Bonchev–Trinajstić information content (AvgIpc) is 2.20. The van der Waals surface area contributed by atoms with Crippen molar-refractivity contribution in [2.24, 2.45) is 0 Å². The van der Waals surface area contributed by atoms with E-state index in [1.807, 2.05) is 6.92 Å². The Balaban J connectivity index is 2.62. The van der Waals surface area contributed by atoms with Crippen molar-refractivity contribution >= 4 is 11.6 Å².